The largest absolute Gasteiger partial charge is 0.495 e. The summed E-state index contributed by atoms with van der Waals surface area (Å²) < 4.78 is 5.19. The molecule has 3 aromatic rings. The Morgan fingerprint density at radius 3 is 2.70 bits per heavy atom. The van der Waals surface area contributed by atoms with Crippen LogP contribution in [-0.2, 0) is 6.42 Å². The van der Waals surface area contributed by atoms with Gasteiger partial charge >= 0.3 is 6.03 Å². The van der Waals surface area contributed by atoms with Crippen LogP contribution >= 0.6 is 0 Å². The average Bonchev–Trinajstić information content (AvgIpc) is 2.78. The Morgan fingerprint density at radius 2 is 2.00 bits per heavy atom. The summed E-state index contributed by atoms with van der Waals surface area (Å²) in [6, 6.07) is 16.3. The predicted molar refractivity (Wildman–Crippen MR) is 112 cm³/mol. The number of benzene rings is 2. The number of aromatic nitrogens is 2. The molecule has 152 valence electrons. The van der Waals surface area contributed by atoms with Crippen molar-refractivity contribution in [2.24, 2.45) is 0 Å². The van der Waals surface area contributed by atoms with E-state index >= 15 is 0 Å². The molecule has 3 rings (SSSR count). The zero-order chi connectivity index (χ0) is 21.3. The molecule has 0 atom stereocenters. The quantitative estimate of drug-likeness (QED) is 0.558. The highest BCUT2D eigenvalue weighted by atomic mass is 16.5. The van der Waals surface area contributed by atoms with Crippen LogP contribution in [0.25, 0.3) is 11.3 Å². The number of nitriles is 1. The molecule has 30 heavy (non-hydrogen) atoms. The number of urea groups is 1. The molecule has 0 aliphatic rings. The molecule has 3 N–H and O–H groups in total. The molecule has 0 radical (unpaired) electrons. The number of amides is 2. The van der Waals surface area contributed by atoms with Crippen LogP contribution < -0.4 is 15.4 Å². The van der Waals surface area contributed by atoms with Crippen molar-refractivity contribution in [2.75, 3.05) is 25.6 Å². The van der Waals surface area contributed by atoms with Gasteiger partial charge in [0.05, 0.1) is 25.0 Å². The SMILES string of the molecule is COc1ccc(-c2ccnc(Cc3ccc(NC(=O)NCCO)cc3)n2)cc1C#N. The molecule has 0 saturated heterocycles. The van der Waals surface area contributed by atoms with Gasteiger partial charge in [0, 0.05) is 30.4 Å². The van der Waals surface area contributed by atoms with Crippen molar-refractivity contribution in [1.29, 1.82) is 5.26 Å². The number of rotatable bonds is 7. The third-order valence-electron chi connectivity index (χ3n) is 4.29. The number of anilines is 1. The minimum absolute atomic E-state index is 0.111. The fourth-order valence-electron chi connectivity index (χ4n) is 2.83. The van der Waals surface area contributed by atoms with E-state index in [1.165, 1.54) is 7.11 Å². The summed E-state index contributed by atoms with van der Waals surface area (Å²) >= 11 is 0. The maximum absolute atomic E-state index is 11.6. The Labute approximate surface area is 174 Å². The highest BCUT2D eigenvalue weighted by Crippen LogP contribution is 2.25. The summed E-state index contributed by atoms with van der Waals surface area (Å²) in [6.45, 7) is 0.0847. The van der Waals surface area contributed by atoms with Crippen LogP contribution in [0.2, 0.25) is 0 Å². The molecule has 1 heterocycles. The number of nitrogens with zero attached hydrogens (tertiary/aromatic N) is 3. The summed E-state index contributed by atoms with van der Waals surface area (Å²) in [7, 11) is 1.53. The number of aliphatic hydroxyl groups is 1. The minimum Gasteiger partial charge on any atom is -0.495 e. The van der Waals surface area contributed by atoms with Gasteiger partial charge in [0.15, 0.2) is 0 Å². The van der Waals surface area contributed by atoms with Gasteiger partial charge < -0.3 is 20.5 Å². The van der Waals surface area contributed by atoms with Crippen LogP contribution in [0.1, 0.15) is 17.0 Å². The second-order valence-electron chi connectivity index (χ2n) is 6.36. The monoisotopic (exact) mass is 403 g/mol. The van der Waals surface area contributed by atoms with Crippen molar-refractivity contribution in [3.8, 4) is 23.1 Å². The Balaban J connectivity index is 1.71. The molecule has 0 aliphatic heterocycles. The maximum atomic E-state index is 11.6. The number of aliphatic hydroxyl groups excluding tert-OH is 1. The summed E-state index contributed by atoms with van der Waals surface area (Å²) in [5.41, 5.74) is 3.61. The first-order valence-electron chi connectivity index (χ1n) is 9.28. The van der Waals surface area contributed by atoms with E-state index in [0.29, 0.717) is 29.2 Å². The maximum Gasteiger partial charge on any atom is 0.319 e. The van der Waals surface area contributed by atoms with Gasteiger partial charge in [-0.25, -0.2) is 14.8 Å². The fraction of sp³-hybridized carbons (Fsp3) is 0.182. The lowest BCUT2D eigenvalue weighted by Gasteiger charge is -2.08. The number of hydrogen-bond acceptors (Lipinski definition) is 6. The Morgan fingerprint density at radius 1 is 1.20 bits per heavy atom. The van der Waals surface area contributed by atoms with Gasteiger partial charge in [0.25, 0.3) is 0 Å². The normalized spacial score (nSPS) is 10.2. The molecule has 0 aliphatic carbocycles. The Bertz CT molecular complexity index is 1060. The molecular formula is C22H21N5O3. The highest BCUT2D eigenvalue weighted by Gasteiger charge is 2.08. The lowest BCUT2D eigenvalue weighted by atomic mass is 10.1. The summed E-state index contributed by atoms with van der Waals surface area (Å²) in [5.74, 6) is 1.16. The van der Waals surface area contributed by atoms with Gasteiger partial charge in [0.2, 0.25) is 0 Å². The van der Waals surface area contributed by atoms with Gasteiger partial charge in [0.1, 0.15) is 17.6 Å². The number of carbonyl (C=O) groups is 1. The molecule has 0 saturated carbocycles. The van der Waals surface area contributed by atoms with E-state index < -0.39 is 0 Å². The van der Waals surface area contributed by atoms with Gasteiger partial charge in [-0.15, -0.1) is 0 Å². The standard InChI is InChI=1S/C22H21N5O3/c1-30-20-7-4-16(13-17(20)14-23)19-8-9-24-21(27-19)12-15-2-5-18(6-3-15)26-22(29)25-10-11-28/h2-9,13,28H,10-12H2,1H3,(H2,25,26,29). The van der Waals surface area contributed by atoms with E-state index in [9.17, 15) is 10.1 Å². The van der Waals surface area contributed by atoms with E-state index in [1.807, 2.05) is 18.2 Å². The first-order valence-corrected chi connectivity index (χ1v) is 9.28. The number of carbonyl (C=O) groups excluding carboxylic acids is 1. The Kier molecular flexibility index (Phi) is 6.92. The third kappa shape index (κ3) is 5.31. The lowest BCUT2D eigenvalue weighted by molar-refractivity contribution is 0.245. The average molecular weight is 403 g/mol. The predicted octanol–water partition coefficient (Wildman–Crippen LogP) is 2.73. The number of hydrogen-bond donors (Lipinski definition) is 3. The van der Waals surface area contributed by atoms with Crippen LogP contribution in [0.5, 0.6) is 5.75 Å². The smallest absolute Gasteiger partial charge is 0.319 e. The van der Waals surface area contributed by atoms with E-state index in [-0.39, 0.29) is 19.2 Å². The van der Waals surface area contributed by atoms with E-state index in [1.54, 1.807) is 36.5 Å². The van der Waals surface area contributed by atoms with Crippen LogP contribution in [0.15, 0.2) is 54.7 Å². The second kappa shape index (κ2) is 10.0. The van der Waals surface area contributed by atoms with E-state index in [2.05, 4.69) is 26.7 Å². The molecule has 2 amide bonds. The summed E-state index contributed by atoms with van der Waals surface area (Å²) in [5, 5.41) is 23.2. The zero-order valence-corrected chi connectivity index (χ0v) is 16.4. The summed E-state index contributed by atoms with van der Waals surface area (Å²) in [4.78, 5) is 20.6. The van der Waals surface area contributed by atoms with Crippen molar-refractivity contribution in [3.63, 3.8) is 0 Å². The van der Waals surface area contributed by atoms with Gasteiger partial charge in [-0.3, -0.25) is 0 Å². The first-order chi connectivity index (χ1) is 14.6. The van der Waals surface area contributed by atoms with Crippen LogP contribution in [-0.4, -0.2) is 41.4 Å². The molecule has 8 heteroatoms. The van der Waals surface area contributed by atoms with Gasteiger partial charge in [-0.2, -0.15) is 5.26 Å². The van der Waals surface area contributed by atoms with Crippen molar-refractivity contribution < 1.29 is 14.6 Å². The van der Waals surface area contributed by atoms with Crippen LogP contribution in [0.4, 0.5) is 10.5 Å². The lowest BCUT2D eigenvalue weighted by Crippen LogP contribution is -2.30. The summed E-state index contributed by atoms with van der Waals surface area (Å²) in [6.07, 6.45) is 2.21. The van der Waals surface area contributed by atoms with Crippen LogP contribution in [0.3, 0.4) is 0 Å². The highest BCUT2D eigenvalue weighted by molar-refractivity contribution is 5.89. The topological polar surface area (TPSA) is 120 Å². The number of methoxy groups -OCH3 is 1. The molecule has 8 nitrogen and oxygen atoms in total. The van der Waals surface area contributed by atoms with Gasteiger partial charge in [-0.1, -0.05) is 12.1 Å². The second-order valence-corrected chi connectivity index (χ2v) is 6.36. The van der Waals surface area contributed by atoms with Gasteiger partial charge in [-0.05, 0) is 42.0 Å². The number of ether oxygens (including phenoxy) is 1. The molecular weight excluding hydrogens is 382 g/mol. The minimum atomic E-state index is -0.371. The molecule has 0 bridgehead atoms. The van der Waals surface area contributed by atoms with E-state index in [4.69, 9.17) is 9.84 Å². The molecule has 0 fully saturated rings. The molecule has 0 unspecified atom stereocenters. The van der Waals surface area contributed by atoms with Crippen molar-refractivity contribution in [2.45, 2.75) is 6.42 Å². The van der Waals surface area contributed by atoms with Crippen molar-refractivity contribution in [1.82, 2.24) is 15.3 Å². The zero-order valence-electron chi connectivity index (χ0n) is 16.4. The number of nitrogens with one attached hydrogen (secondary N) is 2. The van der Waals surface area contributed by atoms with E-state index in [0.717, 1.165) is 16.8 Å². The van der Waals surface area contributed by atoms with Crippen molar-refractivity contribution in [3.05, 3.63) is 71.7 Å². The van der Waals surface area contributed by atoms with Crippen molar-refractivity contribution >= 4 is 11.7 Å². The molecule has 1 aromatic heterocycles. The third-order valence-corrected chi connectivity index (χ3v) is 4.29. The fourth-order valence-corrected chi connectivity index (χ4v) is 2.83. The molecule has 2 aromatic carbocycles. The Hall–Kier alpha value is -3.96. The molecule has 0 spiro atoms. The van der Waals surface area contributed by atoms with Crippen LogP contribution in [0, 0.1) is 11.3 Å². The first kappa shape index (κ1) is 20.8.